The van der Waals surface area contributed by atoms with Gasteiger partial charge in [-0.05, 0) is 19.4 Å². The molecule has 5 heteroatoms. The van der Waals surface area contributed by atoms with Crippen LogP contribution in [0.25, 0.3) is 10.6 Å². The first-order valence-corrected chi connectivity index (χ1v) is 7.05. The molecule has 1 N–H and O–H groups in total. The van der Waals surface area contributed by atoms with E-state index in [-0.39, 0.29) is 0 Å². The van der Waals surface area contributed by atoms with Crippen LogP contribution in [-0.4, -0.2) is 23.1 Å². The highest BCUT2D eigenvalue weighted by molar-refractivity contribution is 7.14. The van der Waals surface area contributed by atoms with Crippen LogP contribution >= 0.6 is 11.3 Å². The van der Waals surface area contributed by atoms with Gasteiger partial charge in [-0.25, -0.2) is 9.97 Å². The van der Waals surface area contributed by atoms with E-state index in [2.05, 4.69) is 29.1 Å². The van der Waals surface area contributed by atoms with Gasteiger partial charge in [-0.3, -0.25) is 0 Å². The van der Waals surface area contributed by atoms with Crippen LogP contribution < -0.4 is 5.32 Å². The quantitative estimate of drug-likeness (QED) is 0.816. The van der Waals surface area contributed by atoms with Crippen LogP contribution in [0.3, 0.4) is 0 Å². The van der Waals surface area contributed by atoms with E-state index in [1.54, 1.807) is 17.5 Å². The van der Waals surface area contributed by atoms with Crippen molar-refractivity contribution in [2.24, 2.45) is 5.92 Å². The van der Waals surface area contributed by atoms with E-state index in [4.69, 9.17) is 4.42 Å². The van der Waals surface area contributed by atoms with Crippen LogP contribution in [0.4, 0.5) is 0 Å². The second-order valence-electron chi connectivity index (χ2n) is 4.71. The molecule has 0 aliphatic rings. The summed E-state index contributed by atoms with van der Waals surface area (Å²) in [5, 5.41) is 4.42. The molecule has 0 saturated carbocycles. The van der Waals surface area contributed by atoms with Gasteiger partial charge in [0.25, 0.3) is 0 Å². The van der Waals surface area contributed by atoms with Gasteiger partial charge in [0.1, 0.15) is 0 Å². The topological polar surface area (TPSA) is 51.0 Å². The largest absolute Gasteiger partial charge is 0.440 e. The predicted molar refractivity (Wildman–Crippen MR) is 73.8 cm³/mol. The average molecular weight is 265 g/mol. The third-order valence-corrected chi connectivity index (χ3v) is 3.41. The summed E-state index contributed by atoms with van der Waals surface area (Å²) < 4.78 is 5.71. The van der Waals surface area contributed by atoms with Gasteiger partial charge < -0.3 is 9.73 Å². The van der Waals surface area contributed by atoms with E-state index in [9.17, 15) is 0 Å². The Morgan fingerprint density at radius 3 is 2.83 bits per heavy atom. The number of hydrogen-bond acceptors (Lipinski definition) is 5. The maximum Gasteiger partial charge on any atom is 0.196 e. The summed E-state index contributed by atoms with van der Waals surface area (Å²) in [5.74, 6) is 2.28. The van der Waals surface area contributed by atoms with Crippen molar-refractivity contribution in [1.82, 2.24) is 15.3 Å². The van der Waals surface area contributed by atoms with Crippen LogP contribution in [0.2, 0.25) is 0 Å². The minimum Gasteiger partial charge on any atom is -0.440 e. The molecule has 0 unspecified atom stereocenters. The predicted octanol–water partition coefficient (Wildman–Crippen LogP) is 2.89. The Labute approximate surface area is 111 Å². The van der Waals surface area contributed by atoms with Gasteiger partial charge in [0.05, 0.1) is 16.1 Å². The lowest BCUT2D eigenvalue weighted by molar-refractivity contribution is 0.483. The van der Waals surface area contributed by atoms with Crippen LogP contribution in [0, 0.1) is 12.8 Å². The van der Waals surface area contributed by atoms with E-state index < -0.39 is 0 Å². The standard InChI is InChI=1S/C13H19N3OS/c1-9(2)6-14-5-4-13-16-7-11(17-13)12-8-15-10(3)18-12/h7-9,14H,4-6H2,1-3H3. The molecule has 0 amide bonds. The average Bonchev–Trinajstić information content (AvgIpc) is 2.93. The minimum atomic E-state index is 0.672. The van der Waals surface area contributed by atoms with E-state index in [0.717, 1.165) is 41.0 Å². The molecular weight excluding hydrogens is 246 g/mol. The van der Waals surface area contributed by atoms with Gasteiger partial charge in [-0.1, -0.05) is 13.8 Å². The molecule has 2 aromatic rings. The maximum atomic E-state index is 5.71. The fourth-order valence-corrected chi connectivity index (χ4v) is 2.33. The van der Waals surface area contributed by atoms with Crippen molar-refractivity contribution >= 4 is 11.3 Å². The molecule has 0 saturated heterocycles. The Balaban J connectivity index is 1.86. The summed E-state index contributed by atoms with van der Waals surface area (Å²) in [7, 11) is 0. The van der Waals surface area contributed by atoms with E-state index in [1.807, 2.05) is 13.1 Å². The summed E-state index contributed by atoms with van der Waals surface area (Å²) in [5.41, 5.74) is 0. The summed E-state index contributed by atoms with van der Waals surface area (Å²) in [6, 6.07) is 0. The first-order chi connectivity index (χ1) is 8.65. The van der Waals surface area contributed by atoms with Gasteiger partial charge in [-0.2, -0.15) is 0 Å². The molecule has 0 radical (unpaired) electrons. The van der Waals surface area contributed by atoms with Crippen molar-refractivity contribution in [1.29, 1.82) is 0 Å². The number of aromatic nitrogens is 2. The summed E-state index contributed by atoms with van der Waals surface area (Å²) in [4.78, 5) is 9.55. The van der Waals surface area contributed by atoms with E-state index in [0.29, 0.717) is 5.92 Å². The van der Waals surface area contributed by atoms with E-state index >= 15 is 0 Å². The van der Waals surface area contributed by atoms with Crippen LogP contribution in [0.1, 0.15) is 24.7 Å². The molecule has 98 valence electrons. The molecule has 0 aliphatic heterocycles. The molecule has 18 heavy (non-hydrogen) atoms. The van der Waals surface area contributed by atoms with Gasteiger partial charge in [0.2, 0.25) is 0 Å². The van der Waals surface area contributed by atoms with Crippen molar-refractivity contribution < 1.29 is 4.42 Å². The van der Waals surface area contributed by atoms with Crippen molar-refractivity contribution in [3.05, 3.63) is 23.3 Å². The number of hydrogen-bond donors (Lipinski definition) is 1. The highest BCUT2D eigenvalue weighted by atomic mass is 32.1. The van der Waals surface area contributed by atoms with Gasteiger partial charge in [0.15, 0.2) is 11.7 Å². The lowest BCUT2D eigenvalue weighted by Crippen LogP contribution is -2.22. The molecule has 4 nitrogen and oxygen atoms in total. The van der Waals surface area contributed by atoms with Crippen molar-refractivity contribution in [3.63, 3.8) is 0 Å². The van der Waals surface area contributed by atoms with Crippen LogP contribution in [-0.2, 0) is 6.42 Å². The molecule has 0 spiro atoms. The first-order valence-electron chi connectivity index (χ1n) is 6.23. The zero-order valence-corrected chi connectivity index (χ0v) is 11.9. The van der Waals surface area contributed by atoms with Gasteiger partial charge in [0, 0.05) is 19.2 Å². The number of rotatable bonds is 6. The van der Waals surface area contributed by atoms with Gasteiger partial charge in [-0.15, -0.1) is 11.3 Å². The number of oxazole rings is 1. The van der Waals surface area contributed by atoms with Crippen LogP contribution in [0.15, 0.2) is 16.8 Å². The second-order valence-corrected chi connectivity index (χ2v) is 5.94. The number of nitrogens with zero attached hydrogens (tertiary/aromatic N) is 2. The van der Waals surface area contributed by atoms with Crippen molar-refractivity contribution in [3.8, 4) is 10.6 Å². The number of aryl methyl sites for hydroxylation is 1. The molecular formula is C13H19N3OS. The smallest absolute Gasteiger partial charge is 0.196 e. The third kappa shape index (κ3) is 3.65. The minimum absolute atomic E-state index is 0.672. The molecule has 0 fully saturated rings. The maximum absolute atomic E-state index is 5.71. The molecule has 0 bridgehead atoms. The molecule has 0 aromatic carbocycles. The zero-order valence-electron chi connectivity index (χ0n) is 11.1. The third-order valence-electron chi connectivity index (χ3n) is 2.49. The molecule has 0 aliphatic carbocycles. The molecule has 2 aromatic heterocycles. The summed E-state index contributed by atoms with van der Waals surface area (Å²) >= 11 is 1.63. The van der Waals surface area contributed by atoms with Crippen molar-refractivity contribution in [2.75, 3.05) is 13.1 Å². The zero-order chi connectivity index (χ0) is 13.0. The lowest BCUT2D eigenvalue weighted by atomic mass is 10.2. The summed E-state index contributed by atoms with van der Waals surface area (Å²) in [6.45, 7) is 8.31. The summed E-state index contributed by atoms with van der Waals surface area (Å²) in [6.07, 6.45) is 4.44. The number of nitrogens with one attached hydrogen (secondary N) is 1. The van der Waals surface area contributed by atoms with Crippen LogP contribution in [0.5, 0.6) is 0 Å². The van der Waals surface area contributed by atoms with Gasteiger partial charge >= 0.3 is 0 Å². The Bertz CT molecular complexity index is 490. The fourth-order valence-electron chi connectivity index (χ4n) is 1.60. The van der Waals surface area contributed by atoms with Crippen molar-refractivity contribution in [2.45, 2.75) is 27.2 Å². The Hall–Kier alpha value is -1.20. The molecule has 2 heterocycles. The molecule has 2 rings (SSSR count). The first kappa shape index (κ1) is 13.2. The normalized spacial score (nSPS) is 11.3. The van der Waals surface area contributed by atoms with E-state index in [1.165, 1.54) is 0 Å². The fraction of sp³-hybridized carbons (Fsp3) is 0.538. The monoisotopic (exact) mass is 265 g/mol. The highest BCUT2D eigenvalue weighted by Gasteiger charge is 2.08. The number of thiazole rings is 1. The Kier molecular flexibility index (Phi) is 4.49. The lowest BCUT2D eigenvalue weighted by Gasteiger charge is -2.05. The second kappa shape index (κ2) is 6.11. The Morgan fingerprint density at radius 1 is 1.33 bits per heavy atom. The highest BCUT2D eigenvalue weighted by Crippen LogP contribution is 2.26. The Morgan fingerprint density at radius 2 is 2.17 bits per heavy atom. The SMILES string of the molecule is Cc1ncc(-c2cnc(CCNCC(C)C)o2)s1. The molecule has 0 atom stereocenters.